The van der Waals surface area contributed by atoms with Gasteiger partial charge in [-0.2, -0.15) is 0 Å². The number of methoxy groups -OCH3 is 1. The molecule has 0 heterocycles. The number of rotatable bonds is 3. The van der Waals surface area contributed by atoms with Gasteiger partial charge in [-0.3, -0.25) is 4.79 Å². The molecule has 0 aromatic heterocycles. The highest BCUT2D eigenvalue weighted by Crippen LogP contribution is 2.50. The van der Waals surface area contributed by atoms with Gasteiger partial charge in [-0.25, -0.2) is 0 Å². The SMILES string of the molecule is C/C=C(\c1ccccc1)[C@H]1CCC[C@]1(C)C(=O)OC. The maximum absolute atomic E-state index is 12.1. The molecular formula is C17H22O2. The fraction of sp³-hybridized carbons (Fsp3) is 0.471. The van der Waals surface area contributed by atoms with Crippen LogP contribution in [0.2, 0.25) is 0 Å². The lowest BCUT2D eigenvalue weighted by molar-refractivity contribution is -0.152. The van der Waals surface area contributed by atoms with Gasteiger partial charge in [0.2, 0.25) is 0 Å². The number of hydrogen-bond donors (Lipinski definition) is 0. The predicted molar refractivity (Wildman–Crippen MR) is 77.6 cm³/mol. The average Bonchev–Trinajstić information content (AvgIpc) is 2.83. The molecule has 0 radical (unpaired) electrons. The van der Waals surface area contributed by atoms with Crippen LogP contribution in [0, 0.1) is 11.3 Å². The highest BCUT2D eigenvalue weighted by Gasteiger charge is 2.47. The number of hydrogen-bond acceptors (Lipinski definition) is 2. The quantitative estimate of drug-likeness (QED) is 0.764. The summed E-state index contributed by atoms with van der Waals surface area (Å²) >= 11 is 0. The zero-order valence-electron chi connectivity index (χ0n) is 12.0. The Bertz CT molecular complexity index is 475. The summed E-state index contributed by atoms with van der Waals surface area (Å²) in [7, 11) is 1.49. The molecule has 1 aromatic rings. The van der Waals surface area contributed by atoms with E-state index in [1.54, 1.807) is 0 Å². The van der Waals surface area contributed by atoms with E-state index in [9.17, 15) is 4.79 Å². The molecule has 1 aromatic carbocycles. The highest BCUT2D eigenvalue weighted by molar-refractivity contribution is 5.82. The van der Waals surface area contributed by atoms with Gasteiger partial charge in [0, 0.05) is 0 Å². The van der Waals surface area contributed by atoms with Crippen molar-refractivity contribution in [3.05, 3.63) is 42.0 Å². The Morgan fingerprint density at radius 2 is 2.05 bits per heavy atom. The third-order valence-corrected chi connectivity index (χ3v) is 4.40. The minimum absolute atomic E-state index is 0.0784. The monoisotopic (exact) mass is 258 g/mol. The largest absolute Gasteiger partial charge is 0.469 e. The fourth-order valence-corrected chi connectivity index (χ4v) is 3.34. The Hall–Kier alpha value is -1.57. The molecule has 1 aliphatic rings. The van der Waals surface area contributed by atoms with Crippen molar-refractivity contribution in [1.82, 2.24) is 0 Å². The summed E-state index contributed by atoms with van der Waals surface area (Å²) < 4.78 is 5.03. The van der Waals surface area contributed by atoms with Gasteiger partial charge < -0.3 is 4.74 Å². The van der Waals surface area contributed by atoms with E-state index in [0.717, 1.165) is 19.3 Å². The summed E-state index contributed by atoms with van der Waals surface area (Å²) in [6.07, 6.45) is 5.20. The van der Waals surface area contributed by atoms with Crippen LogP contribution in [0.3, 0.4) is 0 Å². The van der Waals surface area contributed by atoms with Gasteiger partial charge in [0.1, 0.15) is 0 Å². The summed E-state index contributed by atoms with van der Waals surface area (Å²) in [5.41, 5.74) is 2.10. The Morgan fingerprint density at radius 1 is 1.37 bits per heavy atom. The van der Waals surface area contributed by atoms with E-state index >= 15 is 0 Å². The number of carbonyl (C=O) groups is 1. The van der Waals surface area contributed by atoms with Gasteiger partial charge in [-0.15, -0.1) is 0 Å². The molecule has 0 aliphatic heterocycles. The Balaban J connectivity index is 2.36. The lowest BCUT2D eigenvalue weighted by Crippen LogP contribution is -2.33. The Morgan fingerprint density at radius 3 is 2.63 bits per heavy atom. The first kappa shape index (κ1) is 13.9. The van der Waals surface area contributed by atoms with E-state index in [-0.39, 0.29) is 17.3 Å². The van der Waals surface area contributed by atoms with E-state index < -0.39 is 0 Å². The van der Waals surface area contributed by atoms with Crippen LogP contribution in [0.25, 0.3) is 5.57 Å². The minimum Gasteiger partial charge on any atom is -0.469 e. The van der Waals surface area contributed by atoms with Crippen LogP contribution in [0.1, 0.15) is 38.7 Å². The lowest BCUT2D eigenvalue weighted by Gasteiger charge is -2.30. The molecule has 0 saturated heterocycles. The molecule has 2 atom stereocenters. The smallest absolute Gasteiger partial charge is 0.312 e. The van der Waals surface area contributed by atoms with Gasteiger partial charge >= 0.3 is 5.97 Å². The van der Waals surface area contributed by atoms with E-state index in [0.29, 0.717) is 0 Å². The Labute approximate surface area is 115 Å². The van der Waals surface area contributed by atoms with Gasteiger partial charge in [0.25, 0.3) is 0 Å². The zero-order chi connectivity index (χ0) is 13.9. The maximum Gasteiger partial charge on any atom is 0.312 e. The molecule has 0 spiro atoms. The molecule has 2 nitrogen and oxygen atoms in total. The van der Waals surface area contributed by atoms with E-state index in [1.807, 2.05) is 25.1 Å². The number of allylic oxidation sites excluding steroid dienone is 2. The first-order chi connectivity index (χ1) is 9.13. The molecule has 19 heavy (non-hydrogen) atoms. The van der Waals surface area contributed by atoms with Crippen molar-refractivity contribution < 1.29 is 9.53 Å². The molecule has 2 rings (SSSR count). The summed E-state index contributed by atoms with van der Waals surface area (Å²) in [5.74, 6) is 0.178. The first-order valence-corrected chi connectivity index (χ1v) is 6.93. The van der Waals surface area contributed by atoms with Crippen LogP contribution >= 0.6 is 0 Å². The second-order valence-corrected chi connectivity index (χ2v) is 5.46. The summed E-state index contributed by atoms with van der Waals surface area (Å²) in [4.78, 5) is 12.1. The van der Waals surface area contributed by atoms with Crippen LogP contribution in [0.5, 0.6) is 0 Å². The summed E-state index contributed by atoms with van der Waals surface area (Å²) in [6, 6.07) is 10.3. The first-order valence-electron chi connectivity index (χ1n) is 6.93. The van der Waals surface area contributed by atoms with E-state index in [4.69, 9.17) is 4.74 Å². The molecule has 1 fully saturated rings. The fourth-order valence-electron chi connectivity index (χ4n) is 3.34. The van der Waals surface area contributed by atoms with Gasteiger partial charge in [0.05, 0.1) is 12.5 Å². The normalized spacial score (nSPS) is 27.3. The van der Waals surface area contributed by atoms with Crippen LogP contribution in [0.4, 0.5) is 0 Å². The van der Waals surface area contributed by atoms with Crippen molar-refractivity contribution in [3.63, 3.8) is 0 Å². The van der Waals surface area contributed by atoms with Crippen LogP contribution < -0.4 is 0 Å². The van der Waals surface area contributed by atoms with Gasteiger partial charge in [-0.1, -0.05) is 42.8 Å². The van der Waals surface area contributed by atoms with Gasteiger partial charge in [0.15, 0.2) is 0 Å². The number of esters is 1. The van der Waals surface area contributed by atoms with Crippen molar-refractivity contribution in [2.75, 3.05) is 7.11 Å². The molecule has 102 valence electrons. The lowest BCUT2D eigenvalue weighted by atomic mass is 9.74. The molecule has 1 saturated carbocycles. The van der Waals surface area contributed by atoms with Crippen molar-refractivity contribution in [1.29, 1.82) is 0 Å². The zero-order valence-corrected chi connectivity index (χ0v) is 12.0. The van der Waals surface area contributed by atoms with Crippen molar-refractivity contribution in [2.24, 2.45) is 11.3 Å². The third-order valence-electron chi connectivity index (χ3n) is 4.40. The third kappa shape index (κ3) is 2.44. The molecule has 2 heteroatoms. The average molecular weight is 258 g/mol. The standard InChI is InChI=1S/C17H22O2/c1-4-14(13-9-6-5-7-10-13)15-11-8-12-17(15,2)16(18)19-3/h4-7,9-10,15H,8,11-12H2,1-3H3/b14-4+/t15-,17+/m1/s1. The molecule has 0 amide bonds. The summed E-state index contributed by atoms with van der Waals surface area (Å²) in [5, 5.41) is 0. The predicted octanol–water partition coefficient (Wildman–Crippen LogP) is 4.07. The van der Waals surface area contributed by atoms with E-state index in [2.05, 4.69) is 25.1 Å². The van der Waals surface area contributed by atoms with Crippen LogP contribution in [0.15, 0.2) is 36.4 Å². The van der Waals surface area contributed by atoms with Crippen molar-refractivity contribution >= 4 is 11.5 Å². The van der Waals surface area contributed by atoms with Crippen molar-refractivity contribution in [3.8, 4) is 0 Å². The van der Waals surface area contributed by atoms with Crippen molar-refractivity contribution in [2.45, 2.75) is 33.1 Å². The number of benzene rings is 1. The highest BCUT2D eigenvalue weighted by atomic mass is 16.5. The maximum atomic E-state index is 12.1. The molecule has 1 aliphatic carbocycles. The van der Waals surface area contributed by atoms with Gasteiger partial charge in [-0.05, 0) is 43.7 Å². The molecular weight excluding hydrogens is 236 g/mol. The minimum atomic E-state index is -0.383. The molecule has 0 bridgehead atoms. The number of carbonyl (C=O) groups excluding carboxylic acids is 1. The second-order valence-electron chi connectivity index (χ2n) is 5.46. The molecule has 0 unspecified atom stereocenters. The number of ether oxygens (including phenoxy) is 1. The second kappa shape index (κ2) is 5.60. The van der Waals surface area contributed by atoms with Crippen LogP contribution in [-0.2, 0) is 9.53 Å². The van der Waals surface area contributed by atoms with E-state index in [1.165, 1.54) is 18.2 Å². The van der Waals surface area contributed by atoms with Crippen LogP contribution in [-0.4, -0.2) is 13.1 Å². The topological polar surface area (TPSA) is 26.3 Å². The molecule has 0 N–H and O–H groups in total. The summed E-state index contributed by atoms with van der Waals surface area (Å²) in [6.45, 7) is 4.10. The Kier molecular flexibility index (Phi) is 4.08.